The number of benzene rings is 1. The van der Waals surface area contributed by atoms with Gasteiger partial charge >= 0.3 is 0 Å². The molecule has 1 aliphatic heterocycles. The van der Waals surface area contributed by atoms with Crippen LogP contribution in [0.5, 0.6) is 0 Å². The quantitative estimate of drug-likeness (QED) is 0.709. The number of fused-ring (bicyclic) bond motifs is 1. The first-order chi connectivity index (χ1) is 5.79. The molecule has 62 valence electrons. The Morgan fingerprint density at radius 1 is 1.42 bits per heavy atom. The summed E-state index contributed by atoms with van der Waals surface area (Å²) in [5.41, 5.74) is 8.99. The van der Waals surface area contributed by atoms with E-state index in [1.54, 1.807) is 0 Å². The Hall–Kier alpha value is -0.710. The van der Waals surface area contributed by atoms with E-state index in [9.17, 15) is 0 Å². The highest BCUT2D eigenvalue weighted by atomic mass is 127. The zero-order valence-corrected chi connectivity index (χ0v) is 8.63. The number of halogens is 1. The maximum absolute atomic E-state index is 5.83. The lowest BCUT2D eigenvalue weighted by Crippen LogP contribution is -2.13. The minimum atomic E-state index is 0.832. The lowest BCUT2D eigenvalue weighted by atomic mass is 10.1. The van der Waals surface area contributed by atoms with Crippen LogP contribution in [0.1, 0.15) is 5.56 Å². The maximum atomic E-state index is 5.83. The molecule has 2 nitrogen and oxygen atoms in total. The van der Waals surface area contributed by atoms with E-state index in [1.165, 1.54) is 3.57 Å². The molecule has 0 saturated heterocycles. The molecule has 1 heterocycles. The van der Waals surface area contributed by atoms with Crippen LogP contribution >= 0.6 is 22.6 Å². The summed E-state index contributed by atoms with van der Waals surface area (Å²) in [5, 5.41) is 3.30. The lowest BCUT2D eigenvalue weighted by molar-refractivity contribution is 1.26. The first-order valence-corrected chi connectivity index (χ1v) is 4.85. The molecule has 12 heavy (non-hydrogen) atoms. The molecule has 1 aromatic rings. The van der Waals surface area contributed by atoms with Gasteiger partial charge in [-0.15, -0.1) is 0 Å². The number of rotatable bonds is 0. The maximum Gasteiger partial charge on any atom is 0.0572 e. The summed E-state index contributed by atoms with van der Waals surface area (Å²) < 4.78 is 1.22. The Bertz CT molecular complexity index is 344. The van der Waals surface area contributed by atoms with Crippen LogP contribution in [-0.2, 0) is 0 Å². The first kappa shape index (κ1) is 7.91. The Morgan fingerprint density at radius 2 is 2.25 bits per heavy atom. The Kier molecular flexibility index (Phi) is 1.96. The third kappa shape index (κ3) is 1.18. The van der Waals surface area contributed by atoms with Crippen molar-refractivity contribution in [3.8, 4) is 0 Å². The predicted octanol–water partition coefficient (Wildman–Crippen LogP) is 2.02. The van der Waals surface area contributed by atoms with E-state index < -0.39 is 0 Å². The molecule has 0 atom stereocenters. The van der Waals surface area contributed by atoms with Crippen molar-refractivity contribution in [2.45, 2.75) is 0 Å². The van der Waals surface area contributed by atoms with Gasteiger partial charge in [-0.05, 0) is 34.7 Å². The van der Waals surface area contributed by atoms with Crippen LogP contribution in [0.2, 0.25) is 0 Å². The number of hydrogen-bond acceptors (Lipinski definition) is 2. The van der Waals surface area contributed by atoms with Crippen molar-refractivity contribution in [1.82, 2.24) is 0 Å². The highest BCUT2D eigenvalue weighted by Gasteiger charge is 2.10. The largest absolute Gasteiger partial charge is 0.398 e. The standard InChI is InChI=1S/C9H9IN2/c10-7-3-1-2-6-8(11)4-5-12-9(6)7/h1-4,12H,5,11H2. The van der Waals surface area contributed by atoms with Crippen LogP contribution in [0.25, 0.3) is 5.70 Å². The van der Waals surface area contributed by atoms with Crippen molar-refractivity contribution in [3.63, 3.8) is 0 Å². The van der Waals surface area contributed by atoms with Gasteiger partial charge in [-0.3, -0.25) is 0 Å². The van der Waals surface area contributed by atoms with Crippen molar-refractivity contribution >= 4 is 34.0 Å². The van der Waals surface area contributed by atoms with Gasteiger partial charge in [0.25, 0.3) is 0 Å². The molecule has 0 saturated carbocycles. The van der Waals surface area contributed by atoms with Crippen molar-refractivity contribution in [3.05, 3.63) is 33.4 Å². The fourth-order valence-electron chi connectivity index (χ4n) is 1.32. The van der Waals surface area contributed by atoms with Crippen molar-refractivity contribution < 1.29 is 0 Å². The van der Waals surface area contributed by atoms with Gasteiger partial charge in [-0.1, -0.05) is 12.1 Å². The van der Waals surface area contributed by atoms with Crippen molar-refractivity contribution in [2.75, 3.05) is 11.9 Å². The minimum Gasteiger partial charge on any atom is -0.398 e. The second-order valence-corrected chi connectivity index (χ2v) is 3.86. The summed E-state index contributed by atoms with van der Waals surface area (Å²) in [4.78, 5) is 0. The van der Waals surface area contributed by atoms with Crippen LogP contribution in [0.15, 0.2) is 24.3 Å². The fourth-order valence-corrected chi connectivity index (χ4v) is 2.01. The molecular weight excluding hydrogens is 263 g/mol. The third-order valence-electron chi connectivity index (χ3n) is 1.93. The molecule has 0 bridgehead atoms. The molecule has 2 rings (SSSR count). The monoisotopic (exact) mass is 272 g/mol. The number of para-hydroxylation sites is 1. The molecule has 1 aliphatic rings. The van der Waals surface area contributed by atoms with Gasteiger partial charge in [0.05, 0.1) is 5.69 Å². The molecule has 0 spiro atoms. The summed E-state index contributed by atoms with van der Waals surface area (Å²) in [5.74, 6) is 0. The van der Waals surface area contributed by atoms with Crippen LogP contribution in [-0.4, -0.2) is 6.54 Å². The van der Waals surface area contributed by atoms with Crippen LogP contribution in [0.4, 0.5) is 5.69 Å². The molecular formula is C9H9IN2. The molecule has 0 amide bonds. The van der Waals surface area contributed by atoms with Crippen molar-refractivity contribution in [2.24, 2.45) is 5.73 Å². The fraction of sp³-hybridized carbons (Fsp3) is 0.111. The number of nitrogens with one attached hydrogen (secondary N) is 1. The van der Waals surface area contributed by atoms with Gasteiger partial charge in [0, 0.05) is 21.4 Å². The summed E-state index contributed by atoms with van der Waals surface area (Å²) in [7, 11) is 0. The summed E-state index contributed by atoms with van der Waals surface area (Å²) in [6.45, 7) is 0.832. The summed E-state index contributed by atoms with van der Waals surface area (Å²) in [6.07, 6.45) is 2.00. The van der Waals surface area contributed by atoms with E-state index >= 15 is 0 Å². The zero-order valence-electron chi connectivity index (χ0n) is 6.47. The van der Waals surface area contributed by atoms with Crippen LogP contribution in [0, 0.1) is 3.57 Å². The predicted molar refractivity (Wildman–Crippen MR) is 59.8 cm³/mol. The van der Waals surface area contributed by atoms with E-state index in [4.69, 9.17) is 5.73 Å². The molecule has 0 aliphatic carbocycles. The highest BCUT2D eigenvalue weighted by molar-refractivity contribution is 14.1. The SMILES string of the molecule is NC1=CCNc2c(I)cccc21. The van der Waals surface area contributed by atoms with Gasteiger partial charge in [0.15, 0.2) is 0 Å². The average molecular weight is 272 g/mol. The molecule has 3 N–H and O–H groups in total. The lowest BCUT2D eigenvalue weighted by Gasteiger charge is -2.17. The minimum absolute atomic E-state index is 0.832. The first-order valence-electron chi connectivity index (χ1n) is 3.77. The highest BCUT2D eigenvalue weighted by Crippen LogP contribution is 2.28. The zero-order chi connectivity index (χ0) is 8.55. The van der Waals surface area contributed by atoms with E-state index in [0.29, 0.717) is 0 Å². The van der Waals surface area contributed by atoms with E-state index in [2.05, 4.69) is 34.0 Å². The summed E-state index contributed by atoms with van der Waals surface area (Å²) >= 11 is 2.31. The van der Waals surface area contributed by atoms with E-state index in [-0.39, 0.29) is 0 Å². The topological polar surface area (TPSA) is 38.0 Å². The van der Waals surface area contributed by atoms with Crippen molar-refractivity contribution in [1.29, 1.82) is 0 Å². The Morgan fingerprint density at radius 3 is 3.00 bits per heavy atom. The van der Waals surface area contributed by atoms with E-state index in [0.717, 1.165) is 23.5 Å². The summed E-state index contributed by atoms with van der Waals surface area (Å²) in [6, 6.07) is 6.13. The number of nitrogens with two attached hydrogens (primary N) is 1. The molecule has 0 aromatic heterocycles. The second kappa shape index (κ2) is 2.97. The molecule has 1 aromatic carbocycles. The van der Waals surface area contributed by atoms with Gasteiger partial charge in [-0.2, -0.15) is 0 Å². The number of anilines is 1. The smallest absolute Gasteiger partial charge is 0.0572 e. The van der Waals surface area contributed by atoms with Crippen LogP contribution < -0.4 is 11.1 Å². The van der Waals surface area contributed by atoms with Gasteiger partial charge in [0.1, 0.15) is 0 Å². The molecule has 3 heteroatoms. The number of hydrogen-bond donors (Lipinski definition) is 2. The molecule has 0 radical (unpaired) electrons. The second-order valence-electron chi connectivity index (χ2n) is 2.70. The third-order valence-corrected chi connectivity index (χ3v) is 2.82. The van der Waals surface area contributed by atoms with E-state index in [1.807, 2.05) is 18.2 Å². The Balaban J connectivity index is 2.62. The van der Waals surface area contributed by atoms with Gasteiger partial charge in [0.2, 0.25) is 0 Å². The van der Waals surface area contributed by atoms with Crippen LogP contribution in [0.3, 0.4) is 0 Å². The molecule has 0 fully saturated rings. The molecule has 0 unspecified atom stereocenters. The normalized spacial score (nSPS) is 14.6. The van der Waals surface area contributed by atoms with Gasteiger partial charge < -0.3 is 11.1 Å². The average Bonchev–Trinajstić information content (AvgIpc) is 2.07. The Labute approximate surface area is 85.0 Å². The van der Waals surface area contributed by atoms with Gasteiger partial charge in [-0.25, -0.2) is 0 Å².